The molecule has 2 heterocycles. The normalized spacial score (nSPS) is 12.7. The van der Waals surface area contributed by atoms with Crippen LogP contribution in [0.5, 0.6) is 0 Å². The number of aliphatic hydroxyl groups is 1. The minimum atomic E-state index is -0.577. The van der Waals surface area contributed by atoms with Crippen molar-refractivity contribution in [2.24, 2.45) is 0 Å². The molecule has 5 nitrogen and oxygen atoms in total. The summed E-state index contributed by atoms with van der Waals surface area (Å²) in [5, 5.41) is 14.3. The van der Waals surface area contributed by atoms with Crippen molar-refractivity contribution in [2.45, 2.75) is 32.4 Å². The van der Waals surface area contributed by atoms with E-state index in [1.54, 1.807) is 17.1 Å². The topological polar surface area (TPSA) is 63.8 Å². The van der Waals surface area contributed by atoms with Gasteiger partial charge in [0.2, 0.25) is 0 Å². The standard InChI is InChI=1S/C16H18N4O/c1-2-3-8-16(21)20-11-12(9-18-20)15-10-17-13-6-4-5-7-14(13)19-15/h4-7,9-11,16,21H,2-3,8H2,1H3. The molecule has 0 amide bonds. The predicted molar refractivity (Wildman–Crippen MR) is 81.5 cm³/mol. The lowest BCUT2D eigenvalue weighted by atomic mass is 10.2. The molecule has 0 fully saturated rings. The van der Waals surface area contributed by atoms with E-state index >= 15 is 0 Å². The summed E-state index contributed by atoms with van der Waals surface area (Å²) in [4.78, 5) is 8.98. The third kappa shape index (κ3) is 2.92. The molecule has 0 saturated heterocycles. The van der Waals surface area contributed by atoms with E-state index in [2.05, 4.69) is 22.0 Å². The van der Waals surface area contributed by atoms with Gasteiger partial charge in [0.25, 0.3) is 0 Å². The molecule has 0 aliphatic heterocycles. The zero-order chi connectivity index (χ0) is 14.7. The molecule has 1 N–H and O–H groups in total. The van der Waals surface area contributed by atoms with Gasteiger partial charge in [-0.1, -0.05) is 25.5 Å². The third-order valence-corrected chi connectivity index (χ3v) is 3.47. The molecule has 0 spiro atoms. The Morgan fingerprint density at radius 3 is 2.81 bits per heavy atom. The molecule has 1 atom stereocenters. The van der Waals surface area contributed by atoms with Gasteiger partial charge >= 0.3 is 0 Å². The van der Waals surface area contributed by atoms with Gasteiger partial charge in [0.1, 0.15) is 6.23 Å². The van der Waals surface area contributed by atoms with Crippen molar-refractivity contribution in [2.75, 3.05) is 0 Å². The Labute approximate surface area is 123 Å². The maximum absolute atomic E-state index is 10.0. The zero-order valence-electron chi connectivity index (χ0n) is 12.0. The molecule has 5 heteroatoms. The number of rotatable bonds is 5. The highest BCUT2D eigenvalue weighted by atomic mass is 16.3. The summed E-state index contributed by atoms with van der Waals surface area (Å²) in [5.74, 6) is 0. The van der Waals surface area contributed by atoms with Crippen molar-refractivity contribution in [1.82, 2.24) is 19.7 Å². The number of aromatic nitrogens is 4. The van der Waals surface area contributed by atoms with Gasteiger partial charge in [-0.15, -0.1) is 0 Å². The Morgan fingerprint density at radius 2 is 2.00 bits per heavy atom. The van der Waals surface area contributed by atoms with Crippen LogP contribution < -0.4 is 0 Å². The number of benzene rings is 1. The number of hydrogen-bond donors (Lipinski definition) is 1. The molecule has 1 aromatic carbocycles. The minimum Gasteiger partial charge on any atom is -0.372 e. The van der Waals surface area contributed by atoms with E-state index in [0.29, 0.717) is 6.42 Å². The first-order chi connectivity index (χ1) is 10.3. The van der Waals surface area contributed by atoms with Crippen LogP contribution in [-0.4, -0.2) is 24.9 Å². The number of unbranched alkanes of at least 4 members (excludes halogenated alkanes) is 1. The number of fused-ring (bicyclic) bond motifs is 1. The molecule has 0 saturated carbocycles. The fourth-order valence-corrected chi connectivity index (χ4v) is 2.25. The molecule has 3 rings (SSSR count). The molecule has 2 aromatic heterocycles. The molecule has 0 aliphatic rings. The first kappa shape index (κ1) is 13.7. The predicted octanol–water partition coefficient (Wildman–Crippen LogP) is 3.17. The molecule has 21 heavy (non-hydrogen) atoms. The van der Waals surface area contributed by atoms with Gasteiger partial charge in [0.05, 0.1) is 29.1 Å². The molecular formula is C16H18N4O. The van der Waals surface area contributed by atoms with Gasteiger partial charge in [-0.25, -0.2) is 9.67 Å². The first-order valence-electron chi connectivity index (χ1n) is 7.22. The SMILES string of the molecule is CCCCC(O)n1cc(-c2cnc3ccccc3n2)cn1. The van der Waals surface area contributed by atoms with Crippen molar-refractivity contribution < 1.29 is 5.11 Å². The largest absolute Gasteiger partial charge is 0.372 e. The lowest BCUT2D eigenvalue weighted by molar-refractivity contribution is 0.0792. The summed E-state index contributed by atoms with van der Waals surface area (Å²) in [6.45, 7) is 2.10. The maximum atomic E-state index is 10.0. The summed E-state index contributed by atoms with van der Waals surface area (Å²) in [7, 11) is 0. The Kier molecular flexibility index (Phi) is 3.92. The fraction of sp³-hybridized carbons (Fsp3) is 0.312. The quantitative estimate of drug-likeness (QED) is 0.780. The monoisotopic (exact) mass is 282 g/mol. The second kappa shape index (κ2) is 6.01. The smallest absolute Gasteiger partial charge is 0.147 e. The van der Waals surface area contributed by atoms with Crippen molar-refractivity contribution in [3.8, 4) is 11.3 Å². The first-order valence-corrected chi connectivity index (χ1v) is 7.22. The molecule has 0 bridgehead atoms. The molecule has 3 aromatic rings. The van der Waals surface area contributed by atoms with Crippen LogP contribution in [0.1, 0.15) is 32.4 Å². The number of nitrogens with zero attached hydrogens (tertiary/aromatic N) is 4. The van der Waals surface area contributed by atoms with E-state index in [4.69, 9.17) is 0 Å². The lowest BCUT2D eigenvalue weighted by Gasteiger charge is -2.09. The average molecular weight is 282 g/mol. The van der Waals surface area contributed by atoms with Crippen molar-refractivity contribution in [3.63, 3.8) is 0 Å². The maximum Gasteiger partial charge on any atom is 0.147 e. The van der Waals surface area contributed by atoms with Gasteiger partial charge in [0.15, 0.2) is 0 Å². The highest BCUT2D eigenvalue weighted by Crippen LogP contribution is 2.20. The van der Waals surface area contributed by atoms with Crippen LogP contribution in [0.25, 0.3) is 22.3 Å². The van der Waals surface area contributed by atoms with E-state index in [1.807, 2.05) is 30.5 Å². The molecule has 1 unspecified atom stereocenters. The van der Waals surface area contributed by atoms with Gasteiger partial charge < -0.3 is 5.11 Å². The van der Waals surface area contributed by atoms with Crippen LogP contribution in [0.3, 0.4) is 0 Å². The highest BCUT2D eigenvalue weighted by molar-refractivity contribution is 5.76. The average Bonchev–Trinajstić information content (AvgIpc) is 3.02. The summed E-state index contributed by atoms with van der Waals surface area (Å²) in [6, 6.07) is 7.76. The van der Waals surface area contributed by atoms with Crippen LogP contribution in [0.2, 0.25) is 0 Å². The van der Waals surface area contributed by atoms with Crippen molar-refractivity contribution in [1.29, 1.82) is 0 Å². The van der Waals surface area contributed by atoms with Crippen LogP contribution in [-0.2, 0) is 0 Å². The lowest BCUT2D eigenvalue weighted by Crippen LogP contribution is -2.08. The number of hydrogen-bond acceptors (Lipinski definition) is 4. The summed E-state index contributed by atoms with van der Waals surface area (Å²) >= 11 is 0. The summed E-state index contributed by atoms with van der Waals surface area (Å²) in [6.07, 6.45) is 7.44. The Balaban J connectivity index is 1.87. The summed E-state index contributed by atoms with van der Waals surface area (Å²) < 4.78 is 1.59. The van der Waals surface area contributed by atoms with Crippen LogP contribution in [0, 0.1) is 0 Å². The van der Waals surface area contributed by atoms with E-state index in [1.165, 1.54) is 0 Å². The van der Waals surface area contributed by atoms with E-state index in [9.17, 15) is 5.11 Å². The van der Waals surface area contributed by atoms with Crippen molar-refractivity contribution in [3.05, 3.63) is 42.9 Å². The van der Waals surface area contributed by atoms with E-state index < -0.39 is 6.23 Å². The van der Waals surface area contributed by atoms with E-state index in [-0.39, 0.29) is 0 Å². The number of aliphatic hydroxyl groups excluding tert-OH is 1. The second-order valence-electron chi connectivity index (χ2n) is 5.08. The summed E-state index contributed by atoms with van der Waals surface area (Å²) in [5.41, 5.74) is 3.36. The number of para-hydroxylation sites is 2. The zero-order valence-corrected chi connectivity index (χ0v) is 12.0. The van der Waals surface area contributed by atoms with Gasteiger partial charge in [-0.3, -0.25) is 4.98 Å². The van der Waals surface area contributed by atoms with Gasteiger partial charge in [0, 0.05) is 11.8 Å². The molecule has 108 valence electrons. The Bertz CT molecular complexity index is 738. The van der Waals surface area contributed by atoms with Crippen LogP contribution >= 0.6 is 0 Å². The van der Waals surface area contributed by atoms with Crippen LogP contribution in [0.4, 0.5) is 0 Å². The fourth-order valence-electron chi connectivity index (χ4n) is 2.25. The van der Waals surface area contributed by atoms with Crippen LogP contribution in [0.15, 0.2) is 42.9 Å². The highest BCUT2D eigenvalue weighted by Gasteiger charge is 2.10. The van der Waals surface area contributed by atoms with Gasteiger partial charge in [-0.05, 0) is 25.0 Å². The van der Waals surface area contributed by atoms with E-state index in [0.717, 1.165) is 35.1 Å². The minimum absolute atomic E-state index is 0.577. The Morgan fingerprint density at radius 1 is 1.19 bits per heavy atom. The molecule has 0 radical (unpaired) electrons. The molecule has 0 aliphatic carbocycles. The van der Waals surface area contributed by atoms with Gasteiger partial charge in [-0.2, -0.15) is 5.10 Å². The Hall–Kier alpha value is -2.27. The van der Waals surface area contributed by atoms with Crippen molar-refractivity contribution >= 4 is 11.0 Å². The third-order valence-electron chi connectivity index (χ3n) is 3.47. The molecular weight excluding hydrogens is 264 g/mol. The second-order valence-corrected chi connectivity index (χ2v) is 5.08.